The molecule has 28 heavy (non-hydrogen) atoms. The summed E-state index contributed by atoms with van der Waals surface area (Å²) < 4.78 is 37.9. The van der Waals surface area contributed by atoms with Gasteiger partial charge in [-0.2, -0.15) is 18.4 Å². The summed E-state index contributed by atoms with van der Waals surface area (Å²) in [6.07, 6.45) is -4.34. The first-order valence-electron chi connectivity index (χ1n) is 8.60. The van der Waals surface area contributed by atoms with Crippen molar-refractivity contribution in [2.45, 2.75) is 12.7 Å². The zero-order valence-corrected chi connectivity index (χ0v) is 14.8. The fourth-order valence-electron chi connectivity index (χ4n) is 3.21. The van der Waals surface area contributed by atoms with Gasteiger partial charge in [0.05, 0.1) is 21.7 Å². The highest BCUT2D eigenvalue weighted by atomic mass is 19.4. The molecule has 146 valence electrons. The molecule has 9 heteroatoms. The van der Waals surface area contributed by atoms with E-state index in [1.807, 2.05) is 11.0 Å². The minimum Gasteiger partial charge on any atom is -0.368 e. The maximum atomic E-state index is 12.6. The summed E-state index contributed by atoms with van der Waals surface area (Å²) in [4.78, 5) is 14.4. The second kappa shape index (κ2) is 7.86. The molecule has 6 nitrogen and oxygen atoms in total. The Kier molecular flexibility index (Phi) is 5.51. The maximum absolute atomic E-state index is 12.6. The van der Waals surface area contributed by atoms with Crippen LogP contribution in [0, 0.1) is 21.4 Å². The lowest BCUT2D eigenvalue weighted by Gasteiger charge is -2.36. The molecule has 1 aliphatic rings. The smallest absolute Gasteiger partial charge is 0.368 e. The number of nitro benzene ring substituents is 1. The van der Waals surface area contributed by atoms with Gasteiger partial charge >= 0.3 is 6.18 Å². The predicted octanol–water partition coefficient (Wildman–Crippen LogP) is 3.81. The van der Waals surface area contributed by atoms with Gasteiger partial charge in [-0.15, -0.1) is 0 Å². The standard InChI is InChI=1S/C19H17F3N4O2/c20-19(21,22)16-3-1-14(2-4-16)13-24-7-9-25(10-8-24)18-6-5-17(26(27)28)11-15(18)12-23/h1-6,11H,7-10,13H2. The molecular formula is C19H17F3N4O2. The van der Waals surface area contributed by atoms with E-state index >= 15 is 0 Å². The van der Waals surface area contributed by atoms with Gasteiger partial charge in [0, 0.05) is 44.9 Å². The first-order chi connectivity index (χ1) is 13.3. The van der Waals surface area contributed by atoms with Crippen LogP contribution in [0.15, 0.2) is 42.5 Å². The number of halogens is 3. The number of nitro groups is 1. The van der Waals surface area contributed by atoms with E-state index in [9.17, 15) is 28.5 Å². The van der Waals surface area contributed by atoms with Crippen LogP contribution >= 0.6 is 0 Å². The van der Waals surface area contributed by atoms with Crippen molar-refractivity contribution in [1.82, 2.24) is 4.90 Å². The molecule has 0 aliphatic carbocycles. The second-order valence-electron chi connectivity index (χ2n) is 6.53. The Labute approximate surface area is 159 Å². The molecule has 2 aromatic rings. The highest BCUT2D eigenvalue weighted by Gasteiger charge is 2.30. The molecule has 0 radical (unpaired) electrons. The van der Waals surface area contributed by atoms with Gasteiger partial charge in [-0.05, 0) is 23.8 Å². The molecule has 1 saturated heterocycles. The van der Waals surface area contributed by atoms with Crippen molar-refractivity contribution in [3.63, 3.8) is 0 Å². The van der Waals surface area contributed by atoms with Crippen LogP contribution in [0.4, 0.5) is 24.5 Å². The van der Waals surface area contributed by atoms with Gasteiger partial charge in [0.2, 0.25) is 0 Å². The summed E-state index contributed by atoms with van der Waals surface area (Å²) in [5.41, 5.74) is 0.923. The van der Waals surface area contributed by atoms with Crippen LogP contribution in [0.2, 0.25) is 0 Å². The predicted molar refractivity (Wildman–Crippen MR) is 96.7 cm³/mol. The summed E-state index contributed by atoms with van der Waals surface area (Å²) >= 11 is 0. The van der Waals surface area contributed by atoms with Gasteiger partial charge in [-0.3, -0.25) is 15.0 Å². The lowest BCUT2D eigenvalue weighted by molar-refractivity contribution is -0.384. The fraction of sp³-hybridized carbons (Fsp3) is 0.316. The number of piperazine rings is 1. The Bertz CT molecular complexity index is 899. The fourth-order valence-corrected chi connectivity index (χ4v) is 3.21. The third kappa shape index (κ3) is 4.40. The molecule has 0 N–H and O–H groups in total. The lowest BCUT2D eigenvalue weighted by Crippen LogP contribution is -2.46. The summed E-state index contributed by atoms with van der Waals surface area (Å²) in [5, 5.41) is 20.2. The average Bonchev–Trinajstić information content (AvgIpc) is 2.68. The number of hydrogen-bond donors (Lipinski definition) is 0. The number of hydrogen-bond acceptors (Lipinski definition) is 5. The lowest BCUT2D eigenvalue weighted by atomic mass is 10.1. The minimum absolute atomic E-state index is 0.124. The van der Waals surface area contributed by atoms with Crippen LogP contribution in [0.1, 0.15) is 16.7 Å². The number of rotatable bonds is 4. The van der Waals surface area contributed by atoms with Crippen molar-refractivity contribution in [3.8, 4) is 6.07 Å². The number of nitriles is 1. The van der Waals surface area contributed by atoms with Crippen molar-refractivity contribution in [2.24, 2.45) is 0 Å². The van der Waals surface area contributed by atoms with Crippen LogP contribution in [0.5, 0.6) is 0 Å². The molecule has 1 aliphatic heterocycles. The first-order valence-corrected chi connectivity index (χ1v) is 8.60. The minimum atomic E-state index is -4.34. The molecule has 1 fully saturated rings. The molecule has 0 aromatic heterocycles. The van der Waals surface area contributed by atoms with Gasteiger partial charge in [-0.1, -0.05) is 12.1 Å². The van der Waals surface area contributed by atoms with Crippen molar-refractivity contribution < 1.29 is 18.1 Å². The summed E-state index contributed by atoms with van der Waals surface area (Å²) in [5.74, 6) is 0. The molecular weight excluding hydrogens is 373 g/mol. The topological polar surface area (TPSA) is 73.4 Å². The van der Waals surface area contributed by atoms with Crippen LogP contribution in [-0.2, 0) is 12.7 Å². The number of alkyl halides is 3. The number of anilines is 1. The van der Waals surface area contributed by atoms with Crippen LogP contribution < -0.4 is 4.90 Å². The van der Waals surface area contributed by atoms with Crippen LogP contribution in [-0.4, -0.2) is 36.0 Å². The molecule has 2 aromatic carbocycles. The zero-order chi connectivity index (χ0) is 20.3. The Morgan fingerprint density at radius 2 is 1.71 bits per heavy atom. The molecule has 3 rings (SSSR count). The summed E-state index contributed by atoms with van der Waals surface area (Å²) in [6.45, 7) is 3.11. The Morgan fingerprint density at radius 3 is 2.25 bits per heavy atom. The van der Waals surface area contributed by atoms with Gasteiger partial charge < -0.3 is 4.90 Å². The van der Waals surface area contributed by atoms with E-state index in [1.54, 1.807) is 6.07 Å². The van der Waals surface area contributed by atoms with E-state index in [0.717, 1.165) is 17.7 Å². The number of nitrogens with zero attached hydrogens (tertiary/aromatic N) is 4. The quantitative estimate of drug-likeness (QED) is 0.586. The van der Waals surface area contributed by atoms with Crippen LogP contribution in [0.3, 0.4) is 0 Å². The van der Waals surface area contributed by atoms with E-state index in [-0.39, 0.29) is 11.3 Å². The van der Waals surface area contributed by atoms with Gasteiger partial charge in [0.1, 0.15) is 6.07 Å². The van der Waals surface area contributed by atoms with E-state index in [0.29, 0.717) is 38.4 Å². The van der Waals surface area contributed by atoms with Crippen molar-refractivity contribution in [3.05, 3.63) is 69.3 Å². The van der Waals surface area contributed by atoms with E-state index in [4.69, 9.17) is 0 Å². The molecule has 0 spiro atoms. The third-order valence-electron chi connectivity index (χ3n) is 4.71. The molecule has 0 unspecified atom stereocenters. The zero-order valence-electron chi connectivity index (χ0n) is 14.8. The van der Waals surface area contributed by atoms with Gasteiger partial charge in [-0.25, -0.2) is 0 Å². The number of benzene rings is 2. The normalized spacial score (nSPS) is 15.3. The highest BCUT2D eigenvalue weighted by Crippen LogP contribution is 2.29. The Morgan fingerprint density at radius 1 is 1.07 bits per heavy atom. The van der Waals surface area contributed by atoms with Gasteiger partial charge in [0.25, 0.3) is 5.69 Å². The average molecular weight is 390 g/mol. The molecule has 1 heterocycles. The van der Waals surface area contributed by atoms with Crippen molar-refractivity contribution >= 4 is 11.4 Å². The van der Waals surface area contributed by atoms with E-state index in [1.165, 1.54) is 24.3 Å². The number of non-ortho nitro benzene ring substituents is 1. The second-order valence-corrected chi connectivity index (χ2v) is 6.53. The summed E-state index contributed by atoms with van der Waals surface area (Å²) in [6, 6.07) is 11.4. The maximum Gasteiger partial charge on any atom is 0.416 e. The van der Waals surface area contributed by atoms with E-state index < -0.39 is 16.7 Å². The molecule has 0 atom stereocenters. The van der Waals surface area contributed by atoms with E-state index in [2.05, 4.69) is 4.90 Å². The third-order valence-corrected chi connectivity index (χ3v) is 4.71. The van der Waals surface area contributed by atoms with Crippen molar-refractivity contribution in [1.29, 1.82) is 5.26 Å². The largest absolute Gasteiger partial charge is 0.416 e. The Hall–Kier alpha value is -3.12. The van der Waals surface area contributed by atoms with Crippen molar-refractivity contribution in [2.75, 3.05) is 31.1 Å². The molecule has 0 amide bonds. The molecule has 0 saturated carbocycles. The monoisotopic (exact) mass is 390 g/mol. The Balaban J connectivity index is 1.62. The van der Waals surface area contributed by atoms with Gasteiger partial charge in [0.15, 0.2) is 0 Å². The molecule has 0 bridgehead atoms. The summed E-state index contributed by atoms with van der Waals surface area (Å²) in [7, 11) is 0. The first kappa shape index (κ1) is 19.6. The highest BCUT2D eigenvalue weighted by molar-refractivity contribution is 5.63. The SMILES string of the molecule is N#Cc1cc([N+](=O)[O-])ccc1N1CCN(Cc2ccc(C(F)(F)F)cc2)CC1. The van der Waals surface area contributed by atoms with Crippen LogP contribution in [0.25, 0.3) is 0 Å².